The number of amides is 1. The van der Waals surface area contributed by atoms with Crippen LogP contribution in [0.5, 0.6) is 0 Å². The van der Waals surface area contributed by atoms with E-state index in [1.54, 1.807) is 4.90 Å². The minimum atomic E-state index is -3.78. The van der Waals surface area contributed by atoms with Gasteiger partial charge in [0.2, 0.25) is 10.0 Å². The van der Waals surface area contributed by atoms with Gasteiger partial charge in [0, 0.05) is 11.3 Å². The molecular formula is C23H21N5O3S2. The number of primary sulfonamides is 1. The predicted molar refractivity (Wildman–Crippen MR) is 133 cm³/mol. The fourth-order valence-electron chi connectivity index (χ4n) is 3.57. The van der Waals surface area contributed by atoms with E-state index >= 15 is 0 Å². The molecule has 0 aromatic heterocycles. The molecule has 0 bridgehead atoms. The van der Waals surface area contributed by atoms with Crippen LogP contribution in [0.2, 0.25) is 0 Å². The Morgan fingerprint density at radius 1 is 1.03 bits per heavy atom. The van der Waals surface area contributed by atoms with Crippen molar-refractivity contribution in [2.75, 3.05) is 10.2 Å². The van der Waals surface area contributed by atoms with Crippen molar-refractivity contribution in [3.63, 3.8) is 0 Å². The highest BCUT2D eigenvalue weighted by atomic mass is 32.2. The number of thiocarbonyl (C=S) groups is 1. The van der Waals surface area contributed by atoms with Crippen LogP contribution in [0.15, 0.2) is 82.8 Å². The Morgan fingerprint density at radius 2 is 1.73 bits per heavy atom. The lowest BCUT2D eigenvalue weighted by atomic mass is 10.1. The van der Waals surface area contributed by atoms with Crippen LogP contribution in [-0.2, 0) is 21.4 Å². The van der Waals surface area contributed by atoms with E-state index in [9.17, 15) is 13.2 Å². The molecule has 1 aliphatic heterocycles. The van der Waals surface area contributed by atoms with Crippen LogP contribution in [0, 0.1) is 6.92 Å². The highest BCUT2D eigenvalue weighted by Crippen LogP contribution is 2.33. The number of benzene rings is 3. The minimum Gasteiger partial charge on any atom is -0.331 e. The summed E-state index contributed by atoms with van der Waals surface area (Å²) in [4.78, 5) is 15.0. The van der Waals surface area contributed by atoms with E-state index in [0.717, 1.165) is 22.4 Å². The second-order valence-electron chi connectivity index (χ2n) is 7.44. The van der Waals surface area contributed by atoms with Gasteiger partial charge in [-0.3, -0.25) is 10.2 Å². The largest absolute Gasteiger partial charge is 0.331 e. The number of anilines is 2. The number of carbonyl (C=O) groups excluding carboxylic acids is 1. The lowest BCUT2D eigenvalue weighted by Crippen LogP contribution is -2.32. The van der Waals surface area contributed by atoms with Crippen LogP contribution in [0.1, 0.15) is 16.7 Å². The van der Waals surface area contributed by atoms with E-state index in [-0.39, 0.29) is 21.6 Å². The number of nitrogens with two attached hydrogens (primary N) is 1. The van der Waals surface area contributed by atoms with Gasteiger partial charge in [0.05, 0.1) is 17.1 Å². The zero-order chi connectivity index (χ0) is 23.6. The maximum Gasteiger partial charge on any atom is 0.279 e. The van der Waals surface area contributed by atoms with E-state index in [1.165, 1.54) is 24.3 Å². The van der Waals surface area contributed by atoms with Gasteiger partial charge in [-0.25, -0.2) is 13.6 Å². The molecule has 3 aromatic carbocycles. The first-order chi connectivity index (χ1) is 15.7. The second kappa shape index (κ2) is 9.10. The Bertz CT molecular complexity index is 1350. The highest BCUT2D eigenvalue weighted by Gasteiger charge is 2.35. The average molecular weight is 480 g/mol. The van der Waals surface area contributed by atoms with Crippen molar-refractivity contribution in [3.05, 3.63) is 89.5 Å². The fraction of sp³-hybridized carbons (Fsp3) is 0.0870. The van der Waals surface area contributed by atoms with Gasteiger partial charge >= 0.3 is 0 Å². The highest BCUT2D eigenvalue weighted by molar-refractivity contribution is 7.89. The molecule has 3 aromatic rings. The van der Waals surface area contributed by atoms with Crippen LogP contribution >= 0.6 is 12.2 Å². The molecule has 33 heavy (non-hydrogen) atoms. The summed E-state index contributed by atoms with van der Waals surface area (Å²) >= 11 is 5.28. The third kappa shape index (κ3) is 4.92. The molecule has 0 radical (unpaired) electrons. The molecule has 8 nitrogen and oxygen atoms in total. The van der Waals surface area contributed by atoms with Gasteiger partial charge in [0.15, 0.2) is 10.8 Å². The number of hydrogen-bond acceptors (Lipinski definition) is 5. The van der Waals surface area contributed by atoms with E-state index < -0.39 is 10.0 Å². The maximum absolute atomic E-state index is 13.2. The summed E-state index contributed by atoms with van der Waals surface area (Å²) in [7, 11) is -3.78. The zero-order valence-corrected chi connectivity index (χ0v) is 19.3. The van der Waals surface area contributed by atoms with Gasteiger partial charge in [-0.1, -0.05) is 48.5 Å². The molecule has 4 N–H and O–H groups in total. The number of hydrogen-bond donors (Lipinski definition) is 3. The standard InChI is InChI=1S/C23H21N5O3S2/c1-15-6-5-9-19-20(22(29)28(21(15)19)14-16-7-3-2-4-8-16)26-27-23(32)25-17-10-12-18(13-11-17)33(24,30)31/h2-13H,14H2,1H3,(H2,24,30,31)(H2,25,27,32). The molecular weight excluding hydrogens is 458 g/mol. The third-order valence-corrected chi connectivity index (χ3v) is 6.23. The molecule has 0 saturated carbocycles. The van der Waals surface area contributed by atoms with E-state index in [4.69, 9.17) is 17.4 Å². The minimum absolute atomic E-state index is 0.00536. The lowest BCUT2D eigenvalue weighted by molar-refractivity contribution is -0.112. The van der Waals surface area contributed by atoms with Gasteiger partial charge in [-0.15, -0.1) is 0 Å². The number of nitrogens with zero attached hydrogens (tertiary/aromatic N) is 2. The van der Waals surface area contributed by atoms with Crippen LogP contribution in [-0.4, -0.2) is 25.1 Å². The van der Waals surface area contributed by atoms with Crippen molar-refractivity contribution in [1.29, 1.82) is 0 Å². The van der Waals surface area contributed by atoms with Crippen molar-refractivity contribution >= 4 is 50.3 Å². The first kappa shape index (κ1) is 22.6. The molecule has 0 spiro atoms. The molecule has 0 saturated heterocycles. The lowest BCUT2D eigenvalue weighted by Gasteiger charge is -2.18. The average Bonchev–Trinajstić information content (AvgIpc) is 3.05. The molecule has 0 atom stereocenters. The predicted octanol–water partition coefficient (Wildman–Crippen LogP) is 2.88. The van der Waals surface area contributed by atoms with Crippen LogP contribution in [0.4, 0.5) is 11.4 Å². The first-order valence-corrected chi connectivity index (χ1v) is 11.9. The number of sulfonamides is 1. The number of carbonyl (C=O) groups is 1. The Kier molecular flexibility index (Phi) is 6.23. The molecule has 1 aliphatic rings. The van der Waals surface area contributed by atoms with Gasteiger partial charge in [0.25, 0.3) is 5.91 Å². The Balaban J connectivity index is 1.53. The van der Waals surface area contributed by atoms with Gasteiger partial charge < -0.3 is 10.2 Å². The Morgan fingerprint density at radius 3 is 2.39 bits per heavy atom. The van der Waals surface area contributed by atoms with Crippen molar-refractivity contribution < 1.29 is 13.2 Å². The van der Waals surface area contributed by atoms with Gasteiger partial charge in [-0.05, 0) is 54.5 Å². The van der Waals surface area contributed by atoms with Crippen LogP contribution < -0.4 is 20.8 Å². The summed E-state index contributed by atoms with van der Waals surface area (Å²) in [6.07, 6.45) is 0. The van der Waals surface area contributed by atoms with Crippen LogP contribution in [0.3, 0.4) is 0 Å². The molecule has 0 unspecified atom stereocenters. The van der Waals surface area contributed by atoms with Crippen molar-refractivity contribution in [2.24, 2.45) is 10.2 Å². The smallest absolute Gasteiger partial charge is 0.279 e. The third-order valence-electron chi connectivity index (χ3n) is 5.10. The maximum atomic E-state index is 13.2. The van der Waals surface area contributed by atoms with E-state index in [0.29, 0.717) is 12.2 Å². The summed E-state index contributed by atoms with van der Waals surface area (Å²) in [5.41, 5.74) is 7.04. The number of nitrogens with one attached hydrogen (secondary N) is 2. The summed E-state index contributed by atoms with van der Waals surface area (Å²) in [5, 5.41) is 12.4. The Hall–Kier alpha value is -3.60. The summed E-state index contributed by atoms with van der Waals surface area (Å²) in [6.45, 7) is 2.38. The molecule has 1 heterocycles. The zero-order valence-electron chi connectivity index (χ0n) is 17.6. The molecule has 10 heteroatoms. The van der Waals surface area contributed by atoms with E-state index in [2.05, 4.69) is 15.8 Å². The summed E-state index contributed by atoms with van der Waals surface area (Å²) in [5.74, 6) is -0.226. The van der Waals surface area contributed by atoms with E-state index in [1.807, 2.05) is 55.5 Å². The normalized spacial score (nSPS) is 14.3. The van der Waals surface area contributed by atoms with Crippen molar-refractivity contribution in [3.8, 4) is 0 Å². The Labute approximate surface area is 197 Å². The summed E-state index contributed by atoms with van der Waals surface area (Å²) in [6, 6.07) is 21.2. The quantitative estimate of drug-likeness (QED) is 0.383. The number of para-hydroxylation sites is 1. The van der Waals surface area contributed by atoms with Crippen LogP contribution in [0.25, 0.3) is 0 Å². The monoisotopic (exact) mass is 479 g/mol. The van der Waals surface area contributed by atoms with Crippen molar-refractivity contribution in [1.82, 2.24) is 5.43 Å². The van der Waals surface area contributed by atoms with Gasteiger partial charge in [-0.2, -0.15) is 5.10 Å². The number of aryl methyl sites for hydroxylation is 1. The topological polar surface area (TPSA) is 117 Å². The van der Waals surface area contributed by atoms with Gasteiger partial charge in [0.1, 0.15) is 0 Å². The molecule has 168 valence electrons. The molecule has 0 fully saturated rings. The second-order valence-corrected chi connectivity index (χ2v) is 9.41. The molecule has 1 amide bonds. The number of rotatable bonds is 5. The number of fused-ring (bicyclic) bond motifs is 1. The molecule has 0 aliphatic carbocycles. The fourth-order valence-corrected chi connectivity index (χ4v) is 4.25. The SMILES string of the molecule is Cc1cccc2c1N(Cc1ccccc1)C(=O)C2=NNC(=S)Nc1ccc(S(N)(=O)=O)cc1. The van der Waals surface area contributed by atoms with Crippen molar-refractivity contribution in [2.45, 2.75) is 18.4 Å². The number of hydrazone groups is 1. The first-order valence-electron chi connectivity index (χ1n) is 9.97. The molecule has 4 rings (SSSR count). The summed E-state index contributed by atoms with van der Waals surface area (Å²) < 4.78 is 22.8.